The summed E-state index contributed by atoms with van der Waals surface area (Å²) >= 11 is 1.42. The van der Waals surface area contributed by atoms with E-state index in [9.17, 15) is 4.79 Å². The molecule has 0 saturated carbocycles. The minimum Gasteiger partial charge on any atom is -0.288 e. The van der Waals surface area contributed by atoms with Gasteiger partial charge in [-0.3, -0.25) is 10.0 Å². The van der Waals surface area contributed by atoms with Gasteiger partial charge in [0, 0.05) is 4.88 Å². The first-order valence-corrected chi connectivity index (χ1v) is 4.62. The fraction of sp³-hybridized carbons (Fsp3) is 0.375. The predicted molar refractivity (Wildman–Crippen MR) is 47.6 cm³/mol. The molecular formula is C8H11NO2S. The number of aryl methyl sites for hydroxylation is 1. The summed E-state index contributed by atoms with van der Waals surface area (Å²) in [5.74, 6) is -0.428. The van der Waals surface area contributed by atoms with Crippen molar-refractivity contribution in [3.8, 4) is 0 Å². The summed E-state index contributed by atoms with van der Waals surface area (Å²) < 4.78 is 0. The van der Waals surface area contributed by atoms with Crippen LogP contribution in [-0.4, -0.2) is 11.1 Å². The van der Waals surface area contributed by atoms with Crippen molar-refractivity contribution >= 4 is 17.2 Å². The second-order valence-corrected chi connectivity index (χ2v) is 3.63. The first kappa shape index (κ1) is 9.22. The molecule has 0 bridgehead atoms. The van der Waals surface area contributed by atoms with Gasteiger partial charge in [-0.15, -0.1) is 11.3 Å². The largest absolute Gasteiger partial charge is 0.288 e. The van der Waals surface area contributed by atoms with Gasteiger partial charge in [-0.25, -0.2) is 5.48 Å². The third kappa shape index (κ3) is 2.06. The van der Waals surface area contributed by atoms with E-state index in [0.717, 1.165) is 12.8 Å². The van der Waals surface area contributed by atoms with Gasteiger partial charge >= 0.3 is 0 Å². The zero-order chi connectivity index (χ0) is 8.97. The molecule has 0 aliphatic rings. The Hall–Kier alpha value is -0.870. The van der Waals surface area contributed by atoms with Gasteiger partial charge < -0.3 is 0 Å². The highest BCUT2D eigenvalue weighted by molar-refractivity contribution is 7.14. The molecule has 4 heteroatoms. The van der Waals surface area contributed by atoms with Crippen molar-refractivity contribution in [2.45, 2.75) is 19.8 Å². The zero-order valence-electron chi connectivity index (χ0n) is 6.83. The Morgan fingerprint density at radius 2 is 2.42 bits per heavy atom. The maximum Gasteiger partial charge on any atom is 0.284 e. The summed E-state index contributed by atoms with van der Waals surface area (Å²) in [5, 5.41) is 8.33. The maximum atomic E-state index is 10.9. The van der Waals surface area contributed by atoms with Gasteiger partial charge in [0.25, 0.3) is 5.91 Å². The maximum absolute atomic E-state index is 10.9. The molecule has 12 heavy (non-hydrogen) atoms. The van der Waals surface area contributed by atoms with Gasteiger partial charge in [-0.2, -0.15) is 0 Å². The molecule has 1 rings (SSSR count). The molecule has 0 fully saturated rings. The number of nitrogens with one attached hydrogen (secondary N) is 1. The lowest BCUT2D eigenvalue weighted by atomic mass is 10.3. The summed E-state index contributed by atoms with van der Waals surface area (Å²) in [6, 6.07) is 3.64. The molecule has 0 unspecified atom stereocenters. The summed E-state index contributed by atoms with van der Waals surface area (Å²) in [6.45, 7) is 2.09. The van der Waals surface area contributed by atoms with E-state index in [4.69, 9.17) is 5.21 Å². The van der Waals surface area contributed by atoms with Gasteiger partial charge in [-0.05, 0) is 18.6 Å². The number of hydrogen-bond acceptors (Lipinski definition) is 3. The number of carbonyl (C=O) groups is 1. The van der Waals surface area contributed by atoms with Crippen molar-refractivity contribution < 1.29 is 10.0 Å². The van der Waals surface area contributed by atoms with E-state index in [1.54, 1.807) is 11.5 Å². The van der Waals surface area contributed by atoms with E-state index in [-0.39, 0.29) is 0 Å². The van der Waals surface area contributed by atoms with Crippen LogP contribution in [-0.2, 0) is 6.42 Å². The summed E-state index contributed by atoms with van der Waals surface area (Å²) in [4.78, 5) is 12.6. The van der Waals surface area contributed by atoms with Crippen molar-refractivity contribution in [2.75, 3.05) is 0 Å². The first-order valence-electron chi connectivity index (χ1n) is 3.81. The Morgan fingerprint density at radius 1 is 1.67 bits per heavy atom. The Kier molecular flexibility index (Phi) is 3.25. The van der Waals surface area contributed by atoms with Crippen LogP contribution in [0.5, 0.6) is 0 Å². The van der Waals surface area contributed by atoms with E-state index in [1.165, 1.54) is 16.2 Å². The second kappa shape index (κ2) is 4.23. The molecular weight excluding hydrogens is 174 g/mol. The van der Waals surface area contributed by atoms with E-state index in [2.05, 4.69) is 6.92 Å². The average molecular weight is 185 g/mol. The minimum absolute atomic E-state index is 0.428. The van der Waals surface area contributed by atoms with Gasteiger partial charge in [0.1, 0.15) is 0 Å². The highest BCUT2D eigenvalue weighted by Gasteiger charge is 2.06. The van der Waals surface area contributed by atoms with E-state index >= 15 is 0 Å². The molecule has 3 nitrogen and oxygen atoms in total. The summed E-state index contributed by atoms with van der Waals surface area (Å²) in [5.41, 5.74) is 1.61. The molecule has 1 amide bonds. The van der Waals surface area contributed by atoms with Gasteiger partial charge in [0.05, 0.1) is 4.88 Å². The van der Waals surface area contributed by atoms with Crippen LogP contribution in [0.25, 0.3) is 0 Å². The van der Waals surface area contributed by atoms with Gasteiger partial charge in [-0.1, -0.05) is 13.3 Å². The molecule has 0 aliphatic carbocycles. The molecule has 0 spiro atoms. The van der Waals surface area contributed by atoms with Crippen LogP contribution in [0.3, 0.4) is 0 Å². The lowest BCUT2D eigenvalue weighted by Crippen LogP contribution is -2.16. The van der Waals surface area contributed by atoms with Crippen molar-refractivity contribution in [2.24, 2.45) is 0 Å². The molecule has 1 aromatic rings. The molecule has 0 atom stereocenters. The van der Waals surface area contributed by atoms with E-state index in [1.807, 2.05) is 6.07 Å². The second-order valence-electron chi connectivity index (χ2n) is 2.46. The zero-order valence-corrected chi connectivity index (χ0v) is 7.65. The average Bonchev–Trinajstić information content (AvgIpc) is 2.52. The van der Waals surface area contributed by atoms with Crippen LogP contribution in [0.15, 0.2) is 12.1 Å². The van der Waals surface area contributed by atoms with Crippen molar-refractivity contribution in [3.05, 3.63) is 21.9 Å². The predicted octanol–water partition coefficient (Wildman–Crippen LogP) is 1.82. The Bertz CT molecular complexity index is 270. The lowest BCUT2D eigenvalue weighted by molar-refractivity contribution is 0.0711. The minimum atomic E-state index is -0.428. The number of hydroxylamine groups is 1. The molecule has 1 aromatic heterocycles. The van der Waals surface area contributed by atoms with Crippen molar-refractivity contribution in [1.82, 2.24) is 5.48 Å². The van der Waals surface area contributed by atoms with Crippen LogP contribution in [0, 0.1) is 0 Å². The van der Waals surface area contributed by atoms with Crippen LogP contribution in [0.1, 0.15) is 27.9 Å². The normalized spacial score (nSPS) is 9.83. The Morgan fingerprint density at radius 3 is 3.00 bits per heavy atom. The quantitative estimate of drug-likeness (QED) is 0.557. The third-order valence-corrected chi connectivity index (χ3v) is 2.63. The molecule has 0 aliphatic heterocycles. The van der Waals surface area contributed by atoms with Gasteiger partial charge in [0.15, 0.2) is 0 Å². The fourth-order valence-electron chi connectivity index (χ4n) is 0.936. The molecule has 2 N–H and O–H groups in total. The number of rotatable bonds is 3. The molecule has 1 heterocycles. The fourth-order valence-corrected chi connectivity index (χ4v) is 1.93. The third-order valence-electron chi connectivity index (χ3n) is 1.48. The first-order chi connectivity index (χ1) is 5.77. The highest BCUT2D eigenvalue weighted by atomic mass is 32.1. The summed E-state index contributed by atoms with van der Waals surface area (Å²) in [7, 11) is 0. The smallest absolute Gasteiger partial charge is 0.284 e. The SMILES string of the molecule is CCCc1ccc(C(=O)NO)s1. The van der Waals surface area contributed by atoms with Crippen LogP contribution >= 0.6 is 11.3 Å². The van der Waals surface area contributed by atoms with E-state index in [0.29, 0.717) is 4.88 Å². The number of thiophene rings is 1. The van der Waals surface area contributed by atoms with Crippen LogP contribution in [0.2, 0.25) is 0 Å². The van der Waals surface area contributed by atoms with Gasteiger partial charge in [0.2, 0.25) is 0 Å². The monoisotopic (exact) mass is 185 g/mol. The number of carbonyl (C=O) groups excluding carboxylic acids is 1. The molecule has 0 saturated heterocycles. The lowest BCUT2D eigenvalue weighted by Gasteiger charge is -1.91. The summed E-state index contributed by atoms with van der Waals surface area (Å²) in [6.07, 6.45) is 2.06. The highest BCUT2D eigenvalue weighted by Crippen LogP contribution is 2.17. The standard InChI is InChI=1S/C8H11NO2S/c1-2-3-6-4-5-7(12-6)8(10)9-11/h4-5,11H,2-3H2,1H3,(H,9,10). The Labute approximate surface area is 75.0 Å². The van der Waals surface area contributed by atoms with Crippen LogP contribution < -0.4 is 5.48 Å². The van der Waals surface area contributed by atoms with Crippen molar-refractivity contribution in [3.63, 3.8) is 0 Å². The topological polar surface area (TPSA) is 49.3 Å². The Balaban J connectivity index is 2.70. The van der Waals surface area contributed by atoms with E-state index < -0.39 is 5.91 Å². The molecule has 0 radical (unpaired) electrons. The van der Waals surface area contributed by atoms with Crippen molar-refractivity contribution in [1.29, 1.82) is 0 Å². The molecule has 66 valence electrons. The number of amides is 1. The molecule has 0 aromatic carbocycles. The number of hydrogen-bond donors (Lipinski definition) is 2. The van der Waals surface area contributed by atoms with Crippen LogP contribution in [0.4, 0.5) is 0 Å².